The number of aryl methyl sites for hydroxylation is 1. The van der Waals surface area contributed by atoms with Gasteiger partial charge in [-0.3, -0.25) is 27.7 Å². The molecule has 320 valence electrons. The van der Waals surface area contributed by atoms with Crippen molar-refractivity contribution in [3.05, 3.63) is 57.4 Å². The zero-order valence-corrected chi connectivity index (χ0v) is 33.6. The number of aromatic nitrogens is 4. The molecule has 0 spiro atoms. The largest absolute Gasteiger partial charge is 0.497 e. The molecule has 58 heavy (non-hydrogen) atoms. The zero-order valence-electron chi connectivity index (χ0n) is 34.6. The fourth-order valence-electron chi connectivity index (χ4n) is 8.92. The molecule has 4 aliphatic rings. The second-order valence-corrected chi connectivity index (χ2v) is 15.5. The van der Waals surface area contributed by atoms with E-state index >= 15 is 0 Å². The molecule has 1 N–H and O–H groups in total. The van der Waals surface area contributed by atoms with E-state index in [0.717, 1.165) is 84.9 Å². The number of hydrogen-bond donors (Lipinski definition) is 1. The van der Waals surface area contributed by atoms with Crippen LogP contribution in [0.5, 0.6) is 11.5 Å². The summed E-state index contributed by atoms with van der Waals surface area (Å²) in [5, 5.41) is 0. The molecule has 2 saturated heterocycles. The first kappa shape index (κ1) is 43.0. The maximum Gasteiger partial charge on any atom is 0.328 e. The van der Waals surface area contributed by atoms with E-state index in [4.69, 9.17) is 20.3 Å². The number of nitrogens with zero attached hydrogens (tertiary/aromatic N) is 5. The van der Waals surface area contributed by atoms with Crippen molar-refractivity contribution in [1.29, 1.82) is 0 Å². The van der Waals surface area contributed by atoms with E-state index in [0.29, 0.717) is 77.5 Å². The number of amides is 2. The number of hydrogen-bond acceptors (Lipinski definition) is 8. The van der Waals surface area contributed by atoms with Gasteiger partial charge < -0.3 is 33.7 Å². The fraction of sp³-hybridized carbons (Fsp3) is 0.628. The summed E-state index contributed by atoms with van der Waals surface area (Å²) in [4.78, 5) is 57.4. The van der Waals surface area contributed by atoms with Crippen LogP contribution in [-0.4, -0.2) is 114 Å². The van der Waals surface area contributed by atoms with Gasteiger partial charge in [-0.15, -0.1) is 0 Å². The summed E-state index contributed by atoms with van der Waals surface area (Å²) < 4.78 is 42.2. The Labute approximate surface area is 341 Å². The fourth-order valence-corrected chi connectivity index (χ4v) is 8.92. The summed E-state index contributed by atoms with van der Waals surface area (Å²) in [6.07, 6.45) is 7.53. The number of imidazole rings is 2. The molecule has 0 radical (unpaired) electrons. The Morgan fingerprint density at radius 2 is 1.17 bits per heavy atom. The van der Waals surface area contributed by atoms with Crippen molar-refractivity contribution in [1.82, 2.24) is 28.5 Å². The summed E-state index contributed by atoms with van der Waals surface area (Å²) in [7, 11) is 4.08. The molecule has 0 unspecified atom stereocenters. The van der Waals surface area contributed by atoms with Crippen molar-refractivity contribution < 1.29 is 34.3 Å². The molecular formula is C43H63FN6O8. The van der Waals surface area contributed by atoms with Crippen molar-refractivity contribution >= 4 is 33.9 Å². The lowest BCUT2D eigenvalue weighted by molar-refractivity contribution is -0.141. The Morgan fingerprint density at radius 1 is 0.724 bits per heavy atom. The van der Waals surface area contributed by atoms with E-state index in [2.05, 4.69) is 4.98 Å². The molecule has 2 saturated carbocycles. The Morgan fingerprint density at radius 3 is 1.66 bits per heavy atom. The first-order valence-corrected chi connectivity index (χ1v) is 20.2. The van der Waals surface area contributed by atoms with Gasteiger partial charge in [-0.05, 0) is 87.5 Å². The topological polar surface area (TPSA) is 142 Å². The Balaban J connectivity index is 0.000000207. The number of rotatable bonds is 8. The van der Waals surface area contributed by atoms with Crippen LogP contribution in [0.25, 0.3) is 22.1 Å². The monoisotopic (exact) mass is 811 g/mol. The van der Waals surface area contributed by atoms with Crippen LogP contribution in [0.1, 0.15) is 60.2 Å². The molecule has 8 rings (SSSR count). The minimum Gasteiger partial charge on any atom is -0.497 e. The van der Waals surface area contributed by atoms with Gasteiger partial charge >= 0.3 is 11.4 Å². The van der Waals surface area contributed by atoms with E-state index in [1.165, 1.54) is 0 Å². The van der Waals surface area contributed by atoms with Gasteiger partial charge in [0, 0.05) is 70.3 Å². The highest BCUT2D eigenvalue weighted by Gasteiger charge is 2.32. The van der Waals surface area contributed by atoms with Gasteiger partial charge in [-0.25, -0.2) is 9.59 Å². The predicted octanol–water partition coefficient (Wildman–Crippen LogP) is 5.24. The van der Waals surface area contributed by atoms with Crippen LogP contribution < -0.4 is 20.9 Å². The van der Waals surface area contributed by atoms with Crippen molar-refractivity contribution in [2.45, 2.75) is 71.9 Å². The summed E-state index contributed by atoms with van der Waals surface area (Å²) >= 11 is 0. The molecular weight excluding hydrogens is 748 g/mol. The molecule has 4 fully saturated rings. The van der Waals surface area contributed by atoms with Gasteiger partial charge in [-0.2, -0.15) is 0 Å². The van der Waals surface area contributed by atoms with Crippen molar-refractivity contribution in [2.24, 2.45) is 30.7 Å². The first-order valence-electron chi connectivity index (χ1n) is 20.9. The second kappa shape index (κ2) is 20.9. The van der Waals surface area contributed by atoms with Crippen LogP contribution in [0.2, 0.25) is 0 Å². The number of carbonyl (C=O) groups is 2. The molecule has 14 nitrogen and oxygen atoms in total. The summed E-state index contributed by atoms with van der Waals surface area (Å²) in [5.41, 5.74) is 3.47. The van der Waals surface area contributed by atoms with Crippen LogP contribution in [0.15, 0.2) is 46.0 Å². The lowest BCUT2D eigenvalue weighted by Gasteiger charge is -2.34. The van der Waals surface area contributed by atoms with Crippen LogP contribution >= 0.6 is 0 Å². The number of methoxy groups -OCH3 is 2. The quantitative estimate of drug-likeness (QED) is 0.255. The number of morpholine rings is 2. The third-order valence-corrected chi connectivity index (χ3v) is 12.3. The lowest BCUT2D eigenvalue weighted by Crippen LogP contribution is -2.44. The average Bonchev–Trinajstić information content (AvgIpc) is 3.70. The zero-order chi connectivity index (χ0) is 41.2. The number of halogens is 1. The minimum absolute atomic E-state index is 0. The predicted molar refractivity (Wildman–Crippen MR) is 222 cm³/mol. The van der Waals surface area contributed by atoms with Gasteiger partial charge in [0.1, 0.15) is 11.5 Å². The summed E-state index contributed by atoms with van der Waals surface area (Å²) in [6.45, 7) is 6.83. The highest BCUT2D eigenvalue weighted by Crippen LogP contribution is 2.33. The smallest absolute Gasteiger partial charge is 0.328 e. The number of nitrogens with one attached hydrogen (secondary N) is 1. The Bertz CT molecular complexity index is 2090. The number of aromatic amines is 1. The highest BCUT2D eigenvalue weighted by atomic mass is 19.1. The number of alkyl halides is 1. The number of fused-ring (bicyclic) bond motifs is 2. The van der Waals surface area contributed by atoms with Crippen LogP contribution in [0.3, 0.4) is 0 Å². The van der Waals surface area contributed by atoms with Crippen molar-refractivity contribution in [3.8, 4) is 11.5 Å². The van der Waals surface area contributed by atoms with Gasteiger partial charge in [0.05, 0.1) is 71.2 Å². The third kappa shape index (κ3) is 10.1. The minimum atomic E-state index is -1.00. The maximum atomic E-state index is 12.8. The second-order valence-electron chi connectivity index (χ2n) is 15.5. The van der Waals surface area contributed by atoms with Gasteiger partial charge in [-0.1, -0.05) is 7.43 Å². The molecule has 4 heterocycles. The number of benzene rings is 2. The van der Waals surface area contributed by atoms with E-state index in [-0.39, 0.29) is 42.5 Å². The van der Waals surface area contributed by atoms with Crippen LogP contribution in [0.4, 0.5) is 4.39 Å². The van der Waals surface area contributed by atoms with Crippen molar-refractivity contribution in [3.63, 3.8) is 0 Å². The molecule has 2 aliphatic heterocycles. The van der Waals surface area contributed by atoms with Crippen LogP contribution in [0, 0.1) is 23.7 Å². The molecule has 2 aliphatic carbocycles. The highest BCUT2D eigenvalue weighted by molar-refractivity contribution is 5.80. The molecule has 0 atom stereocenters. The van der Waals surface area contributed by atoms with E-state index in [1.54, 1.807) is 18.8 Å². The molecule has 2 amide bonds. The summed E-state index contributed by atoms with van der Waals surface area (Å²) in [5.74, 6) is 3.16. The number of H-pyrrole nitrogens is 1. The van der Waals surface area contributed by atoms with Gasteiger partial charge in [0.25, 0.3) is 0 Å². The molecule has 15 heteroatoms. The SMILES string of the molecule is C.COc1ccc2[nH]c(=O)n(CC3CCC(C(=O)N4CCOCC4)CC3)c2c1.COc1ccc2c(c1)n(CC1CCC(C(=O)N3CCOCC3)CC1)c(=O)n2C.[2H]CF. The Kier molecular flexibility index (Phi) is 15.5. The van der Waals surface area contributed by atoms with Crippen LogP contribution in [-0.2, 0) is 39.2 Å². The molecule has 4 aromatic rings. The molecule has 2 aromatic heterocycles. The summed E-state index contributed by atoms with van der Waals surface area (Å²) in [6, 6.07) is 11.4. The number of carbonyl (C=O) groups excluding carboxylic acids is 2. The lowest BCUT2D eigenvalue weighted by atomic mass is 9.81. The average molecular weight is 812 g/mol. The van der Waals surface area contributed by atoms with Gasteiger partial charge in [0.2, 0.25) is 11.8 Å². The van der Waals surface area contributed by atoms with Gasteiger partial charge in [0.15, 0.2) is 0 Å². The normalized spacial score (nSPS) is 22.4. The number of ether oxygens (including phenoxy) is 4. The van der Waals surface area contributed by atoms with E-state index in [1.807, 2.05) is 62.4 Å². The third-order valence-electron chi connectivity index (χ3n) is 12.3. The molecule has 2 aromatic carbocycles. The first-order chi connectivity index (χ1) is 28.1. The van der Waals surface area contributed by atoms with E-state index < -0.39 is 7.15 Å². The standard InChI is InChI=1S/C21H29N3O4.C20H27N3O4.CH3F.CH4/c1-22-18-8-7-17(27-2)13-19(18)24(21(22)26)14-15-3-5-16(6-4-15)20(25)23-9-11-28-12-10-23;1-26-16-6-7-17-18(12-16)23(20(25)21-17)13-14-2-4-15(5-3-14)19(24)22-8-10-27-11-9-22;1-2;/h7-8,13,15-16H,3-6,9-12,14H2,1-2H3;6-7,12,14-15H,2-5,8-11,13H2,1H3,(H,21,25);1H3;1H4/i;;1D;. The maximum absolute atomic E-state index is 12.8. The van der Waals surface area contributed by atoms with E-state index in [9.17, 15) is 23.6 Å². The van der Waals surface area contributed by atoms with Crippen molar-refractivity contribution in [2.75, 3.05) is 74.0 Å². The molecule has 0 bridgehead atoms. The Hall–Kier alpha value is -4.63.